The van der Waals surface area contributed by atoms with Crippen molar-refractivity contribution in [1.82, 2.24) is 0 Å². The first kappa shape index (κ1) is 81.2. The average Bonchev–Trinajstić information content (AvgIpc) is 1.71. The van der Waals surface area contributed by atoms with Gasteiger partial charge in [-0.1, -0.05) is 94.3 Å². The van der Waals surface area contributed by atoms with Gasteiger partial charge in [-0.05, 0) is 117 Å². The number of methoxy groups -OCH3 is 2. The number of phenols is 1. The topological polar surface area (TPSA) is 288 Å². The minimum Gasteiger partial charge on any atom is -0.507 e. The molecule has 0 fully saturated rings. The molecule has 22 nitrogen and oxygen atoms in total. The van der Waals surface area contributed by atoms with Gasteiger partial charge in [-0.3, -0.25) is 27.8 Å². The van der Waals surface area contributed by atoms with Gasteiger partial charge in [-0.15, -0.1) is 0 Å². The van der Waals surface area contributed by atoms with Crippen molar-refractivity contribution in [2.75, 3.05) is 67.2 Å². The third-order valence-corrected chi connectivity index (χ3v) is 22.0. The number of fused-ring (bicyclic) bond motifs is 2. The fraction of sp³-hybridized carbons (Fsp3) is 0.600. The number of rotatable bonds is 37. The molecule has 2 aromatic rings. The molecular weight excluding hydrogens is 1250 g/mol. The fourth-order valence-electron chi connectivity index (χ4n) is 9.60. The summed E-state index contributed by atoms with van der Waals surface area (Å²) >= 11 is 0. The van der Waals surface area contributed by atoms with E-state index in [4.69, 9.17) is 56.0 Å². The lowest BCUT2D eigenvalue weighted by molar-refractivity contribution is -0.151. The lowest BCUT2D eigenvalue weighted by Crippen LogP contribution is -2.25. The van der Waals surface area contributed by atoms with Crippen LogP contribution in [0.25, 0.3) is 0 Å². The molecule has 0 bridgehead atoms. The summed E-state index contributed by atoms with van der Waals surface area (Å²) in [4.78, 5) is 74.1. The molecule has 0 aliphatic carbocycles. The van der Waals surface area contributed by atoms with Gasteiger partial charge in [0, 0.05) is 52.6 Å². The van der Waals surface area contributed by atoms with Crippen LogP contribution in [0.1, 0.15) is 129 Å². The van der Waals surface area contributed by atoms with E-state index in [0.29, 0.717) is 72.0 Å². The second-order valence-corrected chi connectivity index (χ2v) is 40.0. The van der Waals surface area contributed by atoms with Gasteiger partial charge in [-0.25, -0.2) is 19.2 Å². The average molecular weight is 1350 g/mol. The standard InChI is InChI=1S/C37H61O11PSi2.C27H37O11P.CH4/c1-13-44-35(38)28(4)48-49(41,43-6)21-15-14-16-29(36(39)46-20-23-51(10,11)12)24-26(2)17-18-30-33(42-5)27(3)31-25-47-37(40)32(31)34(30)45-19-22-50(7,8)9;1-7-36-26(31)18(4)38-39(33,35-6)13-9-8-10-19(25(29)30)14-16(2)11-12-20-23(28)22-21(15-37-27(22)32)17(3)24(20)34-5;/h14-15,17,28-29H,13,16,18-25H2,1-12H3;8-9,11,18-19,28H,7,10,12-15H2,1-6H3,(H,29,30);1H4/b15-14+,26-17+;9-8+,16-11+;/t28-,29?,49?;18-,19?,39?;/m00./s1. The normalized spacial score (nSPS) is 15.9. The molecule has 26 heteroatoms. The van der Waals surface area contributed by atoms with Gasteiger partial charge in [0.15, 0.2) is 12.2 Å². The second-order valence-electron chi connectivity index (χ2n) is 24.5. The van der Waals surface area contributed by atoms with E-state index in [2.05, 4.69) is 39.3 Å². The van der Waals surface area contributed by atoms with Gasteiger partial charge < -0.3 is 57.2 Å². The zero-order chi connectivity index (χ0) is 67.9. The van der Waals surface area contributed by atoms with Crippen LogP contribution in [0.4, 0.5) is 0 Å². The van der Waals surface area contributed by atoms with Gasteiger partial charge in [0.05, 0.1) is 64.8 Å². The van der Waals surface area contributed by atoms with E-state index in [9.17, 15) is 48.1 Å². The van der Waals surface area contributed by atoms with Crippen molar-refractivity contribution >= 4 is 67.2 Å². The van der Waals surface area contributed by atoms with Gasteiger partial charge >= 0.3 is 51.0 Å². The van der Waals surface area contributed by atoms with Crippen molar-refractivity contribution in [2.45, 2.75) is 178 Å². The minimum atomic E-state index is -3.64. The van der Waals surface area contributed by atoms with Crippen LogP contribution in [0, 0.1) is 25.7 Å². The molecule has 0 amide bonds. The number of hydrogen-bond acceptors (Lipinski definition) is 21. The molecule has 0 saturated heterocycles. The number of esters is 5. The highest BCUT2D eigenvalue weighted by molar-refractivity contribution is 7.54. The predicted molar refractivity (Wildman–Crippen MR) is 354 cm³/mol. The van der Waals surface area contributed by atoms with E-state index in [1.807, 2.05) is 19.9 Å². The number of benzene rings is 2. The number of carbonyl (C=O) groups is 6. The number of carboxylic acids is 1. The van der Waals surface area contributed by atoms with Gasteiger partial charge in [-0.2, -0.15) is 0 Å². The van der Waals surface area contributed by atoms with Crippen molar-refractivity contribution < 1.29 is 104 Å². The molecule has 0 spiro atoms. The van der Waals surface area contributed by atoms with E-state index in [-0.39, 0.29) is 82.7 Å². The quantitative estimate of drug-likeness (QED) is 0.0209. The van der Waals surface area contributed by atoms with Gasteiger partial charge in [0.1, 0.15) is 47.3 Å². The summed E-state index contributed by atoms with van der Waals surface area (Å²) in [7, 11) is -4.54. The van der Waals surface area contributed by atoms with Crippen LogP contribution in [0.3, 0.4) is 0 Å². The van der Waals surface area contributed by atoms with Crippen LogP contribution in [-0.2, 0) is 96.1 Å². The van der Waals surface area contributed by atoms with Crippen LogP contribution in [-0.4, -0.2) is 142 Å². The first-order chi connectivity index (χ1) is 42.1. The summed E-state index contributed by atoms with van der Waals surface area (Å²) < 4.78 is 90.6. The number of phenolic OH excluding ortho intramolecular Hbond substituents is 1. The zero-order valence-corrected chi connectivity index (χ0v) is 59.8. The SMILES string of the molecule is C.CCOC(=O)[C@H](C)OP(=O)(C/C=C/CC(C/C(C)=C/Cc1c(O)c2c(c(C)c1OC)COC2=O)C(=O)O)OC.CCOC(=O)[C@H](C)OP(=O)(C/C=C/CC(C/C(C)=C/Cc1c(OC)c(C)c2c(c1OCC[Si](C)(C)C)C(=O)OC2)C(=O)OCC[Si](C)(C)C)OC. The molecule has 0 radical (unpaired) electrons. The zero-order valence-electron chi connectivity index (χ0n) is 56.0. The number of carbonyl (C=O) groups excluding carboxylic acids is 5. The van der Waals surface area contributed by atoms with Crippen molar-refractivity contribution in [1.29, 1.82) is 0 Å². The maximum atomic E-state index is 13.4. The molecule has 2 aliphatic heterocycles. The smallest absolute Gasteiger partial charge is 0.342 e. The highest BCUT2D eigenvalue weighted by Gasteiger charge is 2.36. The number of hydrogen-bond donors (Lipinski definition) is 2. The van der Waals surface area contributed by atoms with Crippen LogP contribution in [0.2, 0.25) is 51.4 Å². The fourth-order valence-corrected chi connectivity index (χ4v) is 13.6. The van der Waals surface area contributed by atoms with Crippen molar-refractivity contribution in [3.63, 3.8) is 0 Å². The monoisotopic (exact) mass is 1350 g/mol. The Morgan fingerprint density at radius 1 is 0.604 bits per heavy atom. The molecule has 0 saturated carbocycles. The maximum absolute atomic E-state index is 13.4. The lowest BCUT2D eigenvalue weighted by Gasteiger charge is -2.22. The van der Waals surface area contributed by atoms with Crippen molar-refractivity contribution in [3.8, 4) is 23.0 Å². The van der Waals surface area contributed by atoms with Crippen molar-refractivity contribution in [3.05, 3.63) is 92.1 Å². The first-order valence-electron chi connectivity index (χ1n) is 30.2. The number of carboxylic acid groups (broad SMARTS) is 1. The van der Waals surface area contributed by atoms with Crippen LogP contribution in [0.5, 0.6) is 23.0 Å². The summed E-state index contributed by atoms with van der Waals surface area (Å²) in [6.07, 6.45) is 9.69. The molecule has 2 heterocycles. The number of ether oxygens (including phenoxy) is 8. The molecule has 2 N–H and O–H groups in total. The highest BCUT2D eigenvalue weighted by Crippen LogP contribution is 2.50. The van der Waals surface area contributed by atoms with E-state index >= 15 is 0 Å². The second kappa shape index (κ2) is 37.8. The number of aliphatic carboxylic acids is 1. The van der Waals surface area contributed by atoms with Gasteiger partial charge in [0.25, 0.3) is 0 Å². The summed E-state index contributed by atoms with van der Waals surface area (Å²) in [5.74, 6) is -3.45. The van der Waals surface area contributed by atoms with Crippen molar-refractivity contribution in [2.24, 2.45) is 11.8 Å². The van der Waals surface area contributed by atoms with E-state index in [1.54, 1.807) is 59.1 Å². The largest absolute Gasteiger partial charge is 0.507 e. The third kappa shape index (κ3) is 25.2. The minimum absolute atomic E-state index is 0. The molecular formula is C65H102O22P2Si2. The molecule has 6 atom stereocenters. The Morgan fingerprint density at radius 3 is 1.46 bits per heavy atom. The maximum Gasteiger partial charge on any atom is 0.342 e. The predicted octanol–water partition coefficient (Wildman–Crippen LogP) is 13.9. The highest BCUT2D eigenvalue weighted by atomic mass is 31.2. The summed E-state index contributed by atoms with van der Waals surface area (Å²) in [6.45, 7) is 28.6. The number of allylic oxidation sites excluding steroid dienone is 8. The Morgan fingerprint density at radius 2 is 1.02 bits per heavy atom. The summed E-state index contributed by atoms with van der Waals surface area (Å²) in [6, 6.07) is 1.77. The van der Waals surface area contributed by atoms with Crippen LogP contribution in [0.15, 0.2) is 47.6 Å². The molecule has 512 valence electrons. The van der Waals surface area contributed by atoms with E-state index in [1.165, 1.54) is 41.3 Å². The molecule has 4 rings (SSSR count). The third-order valence-electron chi connectivity index (χ3n) is 14.9. The molecule has 2 aliphatic rings. The summed E-state index contributed by atoms with van der Waals surface area (Å²) in [5.41, 5.74) is 6.43. The van der Waals surface area contributed by atoms with Gasteiger partial charge in [0.2, 0.25) is 0 Å². The number of cyclic esters (lactones) is 2. The molecule has 0 aromatic heterocycles. The molecule has 91 heavy (non-hydrogen) atoms. The molecule has 2 aromatic carbocycles. The van der Waals surface area contributed by atoms with Crippen LogP contribution >= 0.6 is 15.2 Å². The van der Waals surface area contributed by atoms with Crippen LogP contribution < -0.4 is 14.2 Å². The Kier molecular flexibility index (Phi) is 33.7. The van der Waals surface area contributed by atoms with E-state index < -0.39 is 85.2 Å². The molecule has 4 unspecified atom stereocenters. The Hall–Kier alpha value is -5.85. The number of aromatic hydroxyl groups is 1. The Bertz CT molecular complexity index is 3060. The Balaban J connectivity index is 0.000000635. The first-order valence-corrected chi connectivity index (χ1v) is 41.1. The lowest BCUT2D eigenvalue weighted by atomic mass is 9.93. The summed E-state index contributed by atoms with van der Waals surface area (Å²) in [5, 5.41) is 20.5. The van der Waals surface area contributed by atoms with E-state index in [0.717, 1.165) is 39.9 Å². The Labute approximate surface area is 541 Å².